The van der Waals surface area contributed by atoms with Crippen molar-refractivity contribution in [3.63, 3.8) is 0 Å². The Kier molecular flexibility index (Phi) is 15.0. The summed E-state index contributed by atoms with van der Waals surface area (Å²) in [7, 11) is 0. The quantitative estimate of drug-likeness (QED) is 0.139. The van der Waals surface area contributed by atoms with Gasteiger partial charge in [0, 0.05) is 0 Å². The first-order chi connectivity index (χ1) is 28.6. The molecule has 64 heavy (non-hydrogen) atoms. The molecule has 4 aromatic carbocycles. The molecule has 0 fully saturated rings. The zero-order valence-electron chi connectivity index (χ0n) is 32.2. The van der Waals surface area contributed by atoms with Gasteiger partial charge >= 0.3 is 49.4 Å². The maximum Gasteiger partial charge on any atom is 0.416 e. The van der Waals surface area contributed by atoms with Crippen LogP contribution in [0.5, 0.6) is 0 Å². The summed E-state index contributed by atoms with van der Waals surface area (Å²) in [5.74, 6) is 0. The average molecular weight is 965 g/mol. The van der Waals surface area contributed by atoms with E-state index >= 15 is 0 Å². The number of hydrogen-bond acceptors (Lipinski definition) is 0. The Bertz CT molecular complexity index is 1800. The minimum absolute atomic E-state index is 0.691. The molecule has 0 saturated carbocycles. The molecule has 0 heterocycles. The van der Waals surface area contributed by atoms with Crippen LogP contribution in [0.1, 0.15) is 65.3 Å². The first-order valence-electron chi connectivity index (χ1n) is 17.8. The lowest BCUT2D eigenvalue weighted by Gasteiger charge is -2.46. The van der Waals surface area contributed by atoms with Crippen molar-refractivity contribution in [3.8, 4) is 0 Å². The Morgan fingerprint density at radius 1 is 0.266 bits per heavy atom. The lowest BCUT2D eigenvalue weighted by molar-refractivity contribution is -0.894. The summed E-state index contributed by atoms with van der Waals surface area (Å²) < 4.78 is 341. The first-order valence-corrected chi connectivity index (χ1v) is 17.8. The van der Waals surface area contributed by atoms with Crippen LogP contribution in [0.15, 0.2) is 72.8 Å². The second-order valence-electron chi connectivity index (χ2n) is 14.0. The van der Waals surface area contributed by atoms with Gasteiger partial charge in [-0.05, 0) is 45.0 Å². The molecule has 0 aliphatic rings. The third-order valence-electron chi connectivity index (χ3n) is 9.94. The lowest BCUT2D eigenvalue weighted by Crippen LogP contribution is -3.11. The van der Waals surface area contributed by atoms with Gasteiger partial charge in [0.25, 0.3) is 0 Å². The van der Waals surface area contributed by atoms with E-state index in [9.17, 15) is 105 Å². The van der Waals surface area contributed by atoms with Crippen molar-refractivity contribution in [3.05, 3.63) is 117 Å². The molecule has 1 N–H and O–H groups in total. The molecule has 0 spiro atoms. The second kappa shape index (κ2) is 17.9. The SMILES string of the molecule is CC[NH+](CC)CC.FC(F)(F)c1cc([B-](c2cc(C(F)(F)F)cc(C(F)(F)F)c2)(c2cc(C(F)(F)F)cc(C(F)(F)F)c2)c2cc(C(F)(F)F)cc(C(F)(F)F)c2)cc(C(F)(F)F)c1. The van der Waals surface area contributed by atoms with Crippen molar-refractivity contribution in [2.24, 2.45) is 0 Å². The number of halogens is 24. The molecule has 0 bridgehead atoms. The summed E-state index contributed by atoms with van der Waals surface area (Å²) in [5, 5.41) is 0. The van der Waals surface area contributed by atoms with Gasteiger partial charge in [0.15, 0.2) is 0 Å². The Morgan fingerprint density at radius 2 is 0.391 bits per heavy atom. The fourth-order valence-corrected chi connectivity index (χ4v) is 6.82. The summed E-state index contributed by atoms with van der Waals surface area (Å²) in [6.07, 6.45) is -54.8. The Morgan fingerprint density at radius 3 is 0.469 bits per heavy atom. The van der Waals surface area contributed by atoms with Crippen LogP contribution < -0.4 is 26.8 Å². The molecule has 4 rings (SSSR count). The number of benzene rings is 4. The number of rotatable bonds is 7. The van der Waals surface area contributed by atoms with E-state index in [2.05, 4.69) is 20.8 Å². The molecule has 0 radical (unpaired) electrons. The largest absolute Gasteiger partial charge is 0.416 e. The normalized spacial score (nSPS) is 13.9. The number of alkyl halides is 24. The monoisotopic (exact) mass is 965 g/mol. The standard InChI is InChI=1S/C32H12BF24.C6H15N/c34-25(35,36)13-1-14(26(37,38)39)6-21(5-13)33(22-7-15(27(40,41)42)2-16(8-22)28(43,44)45,23-9-17(29(46,47)48)3-18(10-23)30(49,50)51)24-11-19(31(52,53)54)4-20(12-24)32(55,56)57;1-4-7(5-2)6-3/h1-12H;4-6H2,1-3H3/q-1;/p+1. The van der Waals surface area contributed by atoms with Crippen LogP contribution in [0, 0.1) is 0 Å². The molecule has 0 aliphatic carbocycles. The Hall–Kier alpha value is -4.78. The molecule has 0 aromatic heterocycles. The zero-order chi connectivity index (χ0) is 49.6. The van der Waals surface area contributed by atoms with Gasteiger partial charge in [0.1, 0.15) is 6.15 Å². The van der Waals surface area contributed by atoms with Crippen molar-refractivity contribution in [2.45, 2.75) is 70.2 Å². The van der Waals surface area contributed by atoms with Crippen LogP contribution in [0.4, 0.5) is 105 Å². The smallest absolute Gasteiger partial charge is 0.336 e. The highest BCUT2D eigenvalue weighted by molar-refractivity contribution is 7.20. The van der Waals surface area contributed by atoms with Gasteiger partial charge in [0.2, 0.25) is 0 Å². The number of hydrogen-bond donors (Lipinski definition) is 1. The molecular formula is C38H28BF24N. The molecule has 26 heteroatoms. The topological polar surface area (TPSA) is 4.44 Å². The van der Waals surface area contributed by atoms with E-state index in [1.54, 1.807) is 4.90 Å². The van der Waals surface area contributed by atoms with Crippen molar-refractivity contribution < 1.29 is 110 Å². The van der Waals surface area contributed by atoms with Crippen LogP contribution in [-0.4, -0.2) is 25.8 Å². The van der Waals surface area contributed by atoms with Gasteiger partial charge in [-0.3, -0.25) is 0 Å². The van der Waals surface area contributed by atoms with E-state index < -0.39 is 195 Å². The summed E-state index contributed by atoms with van der Waals surface area (Å²) in [5.41, 5.74) is -30.2. The van der Waals surface area contributed by atoms with Crippen molar-refractivity contribution >= 4 is 28.0 Å². The van der Waals surface area contributed by atoms with Gasteiger partial charge in [-0.25, -0.2) is 0 Å². The van der Waals surface area contributed by atoms with E-state index in [0.29, 0.717) is 0 Å². The highest BCUT2D eigenvalue weighted by Gasteiger charge is 2.47. The van der Waals surface area contributed by atoms with Crippen LogP contribution in [0.25, 0.3) is 0 Å². The molecule has 4 aromatic rings. The molecule has 0 atom stereocenters. The number of nitrogens with one attached hydrogen (secondary N) is 1. The third kappa shape index (κ3) is 12.3. The predicted molar refractivity (Wildman–Crippen MR) is 183 cm³/mol. The molecule has 356 valence electrons. The molecule has 0 aliphatic heterocycles. The average Bonchev–Trinajstić information content (AvgIpc) is 3.13. The highest BCUT2D eigenvalue weighted by Crippen LogP contribution is 2.41. The third-order valence-corrected chi connectivity index (χ3v) is 9.94. The van der Waals surface area contributed by atoms with Crippen LogP contribution >= 0.6 is 0 Å². The molecule has 1 nitrogen and oxygen atoms in total. The Balaban J connectivity index is 0.00000143. The molecule has 0 unspecified atom stereocenters. The molecule has 0 saturated heterocycles. The highest BCUT2D eigenvalue weighted by atomic mass is 19.4. The van der Waals surface area contributed by atoms with Crippen LogP contribution in [-0.2, 0) is 49.4 Å². The fourth-order valence-electron chi connectivity index (χ4n) is 6.82. The van der Waals surface area contributed by atoms with E-state index in [4.69, 9.17) is 0 Å². The van der Waals surface area contributed by atoms with E-state index in [1.165, 1.54) is 19.6 Å². The summed E-state index contributed by atoms with van der Waals surface area (Å²) in [6.45, 7) is 10.5. The molecule has 0 amide bonds. The van der Waals surface area contributed by atoms with Gasteiger partial charge in [-0.2, -0.15) is 127 Å². The van der Waals surface area contributed by atoms with Crippen molar-refractivity contribution in [2.75, 3.05) is 19.6 Å². The van der Waals surface area contributed by atoms with Gasteiger partial charge in [-0.1, -0.05) is 48.5 Å². The van der Waals surface area contributed by atoms with Crippen LogP contribution in [0.3, 0.4) is 0 Å². The maximum absolute atomic E-state index is 14.2. The van der Waals surface area contributed by atoms with E-state index in [1.807, 2.05) is 0 Å². The van der Waals surface area contributed by atoms with Crippen molar-refractivity contribution in [1.29, 1.82) is 0 Å². The fraction of sp³-hybridized carbons (Fsp3) is 0.368. The van der Waals surface area contributed by atoms with Crippen LogP contribution in [0.2, 0.25) is 0 Å². The second-order valence-corrected chi connectivity index (χ2v) is 14.0. The van der Waals surface area contributed by atoms with Gasteiger partial charge in [-0.15, -0.1) is 0 Å². The van der Waals surface area contributed by atoms with Crippen molar-refractivity contribution in [1.82, 2.24) is 0 Å². The number of quaternary nitrogens is 1. The predicted octanol–water partition coefficient (Wildman–Crippen LogP) is 11.1. The van der Waals surface area contributed by atoms with Gasteiger partial charge < -0.3 is 4.90 Å². The first kappa shape index (κ1) is 53.6. The summed E-state index contributed by atoms with van der Waals surface area (Å²) in [6, 6.07) is -8.81. The minimum Gasteiger partial charge on any atom is -0.336 e. The maximum atomic E-state index is 14.2. The summed E-state index contributed by atoms with van der Waals surface area (Å²) >= 11 is 0. The zero-order valence-corrected chi connectivity index (χ0v) is 32.2. The Labute approximate surface area is 345 Å². The summed E-state index contributed by atoms with van der Waals surface area (Å²) in [4.78, 5) is 1.68. The minimum atomic E-state index is -6.13. The molecular weight excluding hydrogens is 937 g/mol. The van der Waals surface area contributed by atoms with E-state index in [-0.39, 0.29) is 0 Å². The van der Waals surface area contributed by atoms with Gasteiger partial charge in [0.05, 0.1) is 64.1 Å². The van der Waals surface area contributed by atoms with E-state index in [0.717, 1.165) is 0 Å². The lowest BCUT2D eigenvalue weighted by atomic mass is 9.12.